The highest BCUT2D eigenvalue weighted by Gasteiger charge is 2.52. The van der Waals surface area contributed by atoms with Gasteiger partial charge in [0.25, 0.3) is 5.91 Å². The fourth-order valence-electron chi connectivity index (χ4n) is 4.10. The zero-order valence-electron chi connectivity index (χ0n) is 19.1. The van der Waals surface area contributed by atoms with Crippen LogP contribution in [0.2, 0.25) is 0 Å². The molecule has 0 radical (unpaired) electrons. The monoisotopic (exact) mass is 469 g/mol. The number of hydrogen-bond donors (Lipinski definition) is 2. The van der Waals surface area contributed by atoms with Gasteiger partial charge in [-0.2, -0.15) is 8.78 Å². The second-order valence-electron chi connectivity index (χ2n) is 8.91. The second kappa shape index (κ2) is 12.8. The maximum atomic E-state index is 14.0. The summed E-state index contributed by atoms with van der Waals surface area (Å²) < 4.78 is 41.3. The molecule has 33 heavy (non-hydrogen) atoms. The molecule has 1 heterocycles. The van der Waals surface area contributed by atoms with Crippen LogP contribution in [0.15, 0.2) is 36.4 Å². The number of likely N-dealkylation sites (tertiary alicyclic amines) is 1. The molecule has 184 valence electrons. The molecule has 1 fully saturated rings. The van der Waals surface area contributed by atoms with Crippen molar-refractivity contribution in [1.29, 1.82) is 0 Å². The Morgan fingerprint density at radius 1 is 1.24 bits per heavy atom. The molecule has 3 atom stereocenters. The van der Waals surface area contributed by atoms with Crippen LogP contribution >= 0.6 is 0 Å². The molecule has 1 amide bonds. The molecule has 0 bridgehead atoms. The maximum absolute atomic E-state index is 14.0. The van der Waals surface area contributed by atoms with E-state index >= 15 is 0 Å². The van der Waals surface area contributed by atoms with Gasteiger partial charge in [0.05, 0.1) is 12.1 Å². The number of benzene rings is 1. The number of rotatable bonds is 14. The lowest BCUT2D eigenvalue weighted by Gasteiger charge is -2.22. The molecule has 0 saturated carbocycles. The maximum Gasteiger partial charge on any atom is 0.327 e. The van der Waals surface area contributed by atoms with Gasteiger partial charge in [-0.1, -0.05) is 44.1 Å². The molecule has 0 spiro atoms. The van der Waals surface area contributed by atoms with Crippen LogP contribution in [0, 0.1) is 11.7 Å². The summed E-state index contributed by atoms with van der Waals surface area (Å²) >= 11 is 0. The number of unbranched alkanes of at least 4 members (excludes halogenated alkanes) is 3. The average molecular weight is 470 g/mol. The van der Waals surface area contributed by atoms with Gasteiger partial charge in [-0.3, -0.25) is 9.59 Å². The zero-order chi connectivity index (χ0) is 24.4. The molecule has 1 saturated heterocycles. The number of halogens is 3. The third kappa shape index (κ3) is 8.84. The number of carbonyl (C=O) groups excluding carboxylic acids is 1. The number of nitrogens with zero attached hydrogens (tertiary/aromatic N) is 1. The number of aliphatic hydroxyl groups is 1. The number of aliphatic hydroxyl groups excluding tert-OH is 1. The standard InChI is InChI=1S/C25H34F3NO4/c1-18(8-6-9-19-10-7-11-20(26)16-19)22(30)14-13-21-17-25(27,28)24(33)29(21)15-5-3-2-4-12-23(31)32/h7,10-11,13-14,16,18,21-22,30H,2-6,8-9,12,15,17H2,1H3,(H,31,32)/t18-,21?,22+/m0/s1. The smallest absolute Gasteiger partial charge is 0.327 e. The van der Waals surface area contributed by atoms with Crippen molar-refractivity contribution in [2.75, 3.05) is 6.54 Å². The van der Waals surface area contributed by atoms with Crippen molar-refractivity contribution in [3.05, 3.63) is 47.8 Å². The largest absolute Gasteiger partial charge is 0.481 e. The van der Waals surface area contributed by atoms with E-state index < -0.39 is 36.4 Å². The van der Waals surface area contributed by atoms with Crippen LogP contribution in [0.1, 0.15) is 63.9 Å². The Labute approximate surface area is 193 Å². The second-order valence-corrected chi connectivity index (χ2v) is 8.91. The van der Waals surface area contributed by atoms with Gasteiger partial charge in [0.2, 0.25) is 0 Å². The van der Waals surface area contributed by atoms with E-state index in [0.717, 1.165) is 16.9 Å². The highest BCUT2D eigenvalue weighted by atomic mass is 19.3. The predicted molar refractivity (Wildman–Crippen MR) is 119 cm³/mol. The van der Waals surface area contributed by atoms with Crippen LogP contribution in [-0.4, -0.2) is 51.6 Å². The highest BCUT2D eigenvalue weighted by molar-refractivity contribution is 5.86. The summed E-state index contributed by atoms with van der Waals surface area (Å²) in [6.45, 7) is 2.04. The Balaban J connectivity index is 1.82. The SMILES string of the molecule is C[C@@H](CCCc1cccc(F)c1)[C@H](O)C=CC1CC(F)(F)C(=O)N1CCCCCCC(=O)O. The highest BCUT2D eigenvalue weighted by Crippen LogP contribution is 2.34. The quantitative estimate of drug-likeness (QED) is 0.298. The molecular weight excluding hydrogens is 435 g/mol. The number of hydrogen-bond acceptors (Lipinski definition) is 3. The minimum atomic E-state index is -3.42. The number of alkyl halides is 2. The number of carbonyl (C=O) groups is 2. The minimum Gasteiger partial charge on any atom is -0.481 e. The van der Waals surface area contributed by atoms with E-state index in [4.69, 9.17) is 5.11 Å². The number of aryl methyl sites for hydroxylation is 1. The first-order valence-electron chi connectivity index (χ1n) is 11.6. The molecule has 2 rings (SSSR count). The van der Waals surface area contributed by atoms with Crippen molar-refractivity contribution >= 4 is 11.9 Å². The van der Waals surface area contributed by atoms with E-state index in [1.165, 1.54) is 24.3 Å². The summed E-state index contributed by atoms with van der Waals surface area (Å²) in [5.74, 6) is -5.87. The Morgan fingerprint density at radius 3 is 2.67 bits per heavy atom. The Bertz CT molecular complexity index is 815. The molecule has 2 N–H and O–H groups in total. The van der Waals surface area contributed by atoms with Crippen molar-refractivity contribution in [3.8, 4) is 0 Å². The van der Waals surface area contributed by atoms with Crippen molar-refractivity contribution in [2.45, 2.75) is 82.8 Å². The number of carboxylic acids is 1. The van der Waals surface area contributed by atoms with Crippen molar-refractivity contribution in [1.82, 2.24) is 4.90 Å². The van der Waals surface area contributed by atoms with Gasteiger partial charge in [-0.05, 0) is 55.7 Å². The van der Waals surface area contributed by atoms with E-state index in [9.17, 15) is 27.9 Å². The van der Waals surface area contributed by atoms with E-state index in [0.29, 0.717) is 38.5 Å². The summed E-state index contributed by atoms with van der Waals surface area (Å²) in [7, 11) is 0. The summed E-state index contributed by atoms with van der Waals surface area (Å²) in [5.41, 5.74) is 0.887. The first kappa shape index (κ1) is 26.9. The van der Waals surface area contributed by atoms with E-state index in [1.807, 2.05) is 13.0 Å². The fraction of sp³-hybridized carbons (Fsp3) is 0.600. The third-order valence-corrected chi connectivity index (χ3v) is 6.11. The minimum absolute atomic E-state index is 0.0738. The third-order valence-electron chi connectivity index (χ3n) is 6.11. The van der Waals surface area contributed by atoms with E-state index in [2.05, 4.69) is 0 Å². The Morgan fingerprint density at radius 2 is 1.97 bits per heavy atom. The van der Waals surface area contributed by atoms with Crippen LogP contribution < -0.4 is 0 Å². The summed E-state index contributed by atoms with van der Waals surface area (Å²) in [6, 6.07) is 5.61. The van der Waals surface area contributed by atoms with Crippen molar-refractivity contribution < 1.29 is 33.0 Å². The molecular formula is C25H34F3NO4. The van der Waals surface area contributed by atoms with Crippen LogP contribution in [0.25, 0.3) is 0 Å². The van der Waals surface area contributed by atoms with Gasteiger partial charge in [-0.15, -0.1) is 0 Å². The molecule has 1 aliphatic heterocycles. The lowest BCUT2D eigenvalue weighted by Crippen LogP contribution is -2.36. The molecule has 1 unspecified atom stereocenters. The van der Waals surface area contributed by atoms with Crippen LogP contribution in [-0.2, 0) is 16.0 Å². The molecule has 5 nitrogen and oxygen atoms in total. The number of aliphatic carboxylic acids is 1. The predicted octanol–water partition coefficient (Wildman–Crippen LogP) is 4.97. The van der Waals surface area contributed by atoms with Crippen molar-refractivity contribution in [3.63, 3.8) is 0 Å². The number of amides is 1. The van der Waals surface area contributed by atoms with E-state index in [1.54, 1.807) is 6.07 Å². The van der Waals surface area contributed by atoms with Crippen LogP contribution in [0.3, 0.4) is 0 Å². The molecule has 8 heteroatoms. The average Bonchev–Trinajstić information content (AvgIpc) is 2.96. The van der Waals surface area contributed by atoms with E-state index in [-0.39, 0.29) is 24.7 Å². The van der Waals surface area contributed by atoms with Gasteiger partial charge >= 0.3 is 11.9 Å². The van der Waals surface area contributed by atoms with Crippen molar-refractivity contribution in [2.24, 2.45) is 5.92 Å². The zero-order valence-corrected chi connectivity index (χ0v) is 19.1. The fourth-order valence-corrected chi connectivity index (χ4v) is 4.10. The van der Waals surface area contributed by atoms with Gasteiger partial charge < -0.3 is 15.1 Å². The van der Waals surface area contributed by atoms with Gasteiger partial charge in [0.1, 0.15) is 5.82 Å². The molecule has 0 aliphatic carbocycles. The van der Waals surface area contributed by atoms with Crippen LogP contribution in [0.4, 0.5) is 13.2 Å². The molecule has 1 aromatic carbocycles. The van der Waals surface area contributed by atoms with Gasteiger partial charge in [0, 0.05) is 19.4 Å². The summed E-state index contributed by atoms with van der Waals surface area (Å²) in [5, 5.41) is 19.1. The lowest BCUT2D eigenvalue weighted by molar-refractivity contribution is -0.148. The first-order valence-corrected chi connectivity index (χ1v) is 11.6. The molecule has 1 aliphatic rings. The normalized spacial score (nSPS) is 19.8. The molecule has 0 aromatic heterocycles. The van der Waals surface area contributed by atoms with Gasteiger partial charge in [0.15, 0.2) is 0 Å². The van der Waals surface area contributed by atoms with Crippen LogP contribution in [0.5, 0.6) is 0 Å². The topological polar surface area (TPSA) is 77.8 Å². The summed E-state index contributed by atoms with van der Waals surface area (Å²) in [6.07, 6.45) is 6.10. The van der Waals surface area contributed by atoms with Gasteiger partial charge in [-0.25, -0.2) is 4.39 Å². The lowest BCUT2D eigenvalue weighted by atomic mass is 9.95. The first-order chi connectivity index (χ1) is 15.6. The summed E-state index contributed by atoms with van der Waals surface area (Å²) in [4.78, 5) is 23.8. The molecule has 1 aromatic rings. The number of carboxylic acid groups (broad SMARTS) is 1. The Kier molecular flexibility index (Phi) is 10.4. The Hall–Kier alpha value is -2.35.